The Balaban J connectivity index is 1.17. The molecule has 1 heterocycles. The predicted octanol–water partition coefficient (Wildman–Crippen LogP) is 4.65. The number of nitrogens with zero attached hydrogens (tertiary/aromatic N) is 1. The van der Waals surface area contributed by atoms with Gasteiger partial charge in [0.25, 0.3) is 0 Å². The molecule has 7 nitrogen and oxygen atoms in total. The fourth-order valence-electron chi connectivity index (χ4n) is 5.09. The lowest BCUT2D eigenvalue weighted by molar-refractivity contribution is -0.147. The number of carbonyl (C=O) groups excluding carboxylic acids is 2. The van der Waals surface area contributed by atoms with Gasteiger partial charge in [-0.1, -0.05) is 55.5 Å². The van der Waals surface area contributed by atoms with Crippen molar-refractivity contribution < 1.29 is 24.2 Å². The zero-order valence-electron chi connectivity index (χ0n) is 20.5. The Morgan fingerprint density at radius 3 is 2.31 bits per heavy atom. The minimum atomic E-state index is -0.847. The maximum Gasteiger partial charge on any atom is 0.407 e. The summed E-state index contributed by atoms with van der Waals surface area (Å²) in [4.78, 5) is 37.8. The SMILES string of the molecule is CC(CCNC(=O)OCC1c2ccccc2-c2ccccc21)CCC(=O)N1CCC(C)(C(=O)O)C1. The Kier molecular flexibility index (Phi) is 7.43. The van der Waals surface area contributed by atoms with Gasteiger partial charge in [0, 0.05) is 32.0 Å². The van der Waals surface area contributed by atoms with Crippen LogP contribution in [0.5, 0.6) is 0 Å². The van der Waals surface area contributed by atoms with Gasteiger partial charge in [0.05, 0.1) is 5.41 Å². The van der Waals surface area contributed by atoms with Crippen LogP contribution in [0.25, 0.3) is 11.1 Å². The van der Waals surface area contributed by atoms with Crippen molar-refractivity contribution >= 4 is 18.0 Å². The predicted molar refractivity (Wildman–Crippen MR) is 133 cm³/mol. The summed E-state index contributed by atoms with van der Waals surface area (Å²) >= 11 is 0. The number of carboxylic acid groups (broad SMARTS) is 1. The number of carboxylic acids is 1. The summed E-state index contributed by atoms with van der Waals surface area (Å²) in [6.45, 7) is 5.29. The van der Waals surface area contributed by atoms with Crippen LogP contribution in [0.2, 0.25) is 0 Å². The fourth-order valence-corrected chi connectivity index (χ4v) is 5.09. The topological polar surface area (TPSA) is 95.9 Å². The number of amides is 2. The van der Waals surface area contributed by atoms with E-state index in [1.807, 2.05) is 24.3 Å². The van der Waals surface area contributed by atoms with E-state index in [2.05, 4.69) is 36.5 Å². The van der Waals surface area contributed by atoms with Gasteiger partial charge < -0.3 is 20.1 Å². The molecule has 0 radical (unpaired) electrons. The zero-order valence-corrected chi connectivity index (χ0v) is 20.5. The first-order valence-corrected chi connectivity index (χ1v) is 12.4. The molecule has 0 spiro atoms. The van der Waals surface area contributed by atoms with E-state index in [0.717, 1.165) is 6.42 Å². The number of likely N-dealkylation sites (tertiary alicyclic amines) is 1. The van der Waals surface area contributed by atoms with E-state index in [0.29, 0.717) is 32.4 Å². The summed E-state index contributed by atoms with van der Waals surface area (Å²) < 4.78 is 5.57. The average molecular weight is 479 g/mol. The number of hydrogen-bond acceptors (Lipinski definition) is 4. The largest absolute Gasteiger partial charge is 0.481 e. The van der Waals surface area contributed by atoms with Crippen LogP contribution in [0.1, 0.15) is 56.6 Å². The fraction of sp³-hybridized carbons (Fsp3) is 0.464. The molecule has 186 valence electrons. The Morgan fingerprint density at radius 2 is 1.71 bits per heavy atom. The summed E-state index contributed by atoms with van der Waals surface area (Å²) in [7, 11) is 0. The highest BCUT2D eigenvalue weighted by atomic mass is 16.5. The van der Waals surface area contributed by atoms with Crippen molar-refractivity contribution in [2.75, 3.05) is 26.2 Å². The molecule has 1 aliphatic heterocycles. The van der Waals surface area contributed by atoms with Gasteiger partial charge in [-0.05, 0) is 54.4 Å². The number of alkyl carbamates (subject to hydrolysis) is 1. The number of rotatable bonds is 9. The van der Waals surface area contributed by atoms with E-state index in [9.17, 15) is 19.5 Å². The Labute approximate surface area is 206 Å². The summed E-state index contributed by atoms with van der Waals surface area (Å²) in [6.07, 6.45) is 1.89. The molecule has 2 aromatic carbocycles. The normalized spacial score (nSPS) is 19.7. The van der Waals surface area contributed by atoms with Crippen molar-refractivity contribution in [1.29, 1.82) is 0 Å². The minimum absolute atomic E-state index is 0.00585. The van der Waals surface area contributed by atoms with Crippen LogP contribution < -0.4 is 5.32 Å². The zero-order chi connectivity index (χ0) is 25.0. The lowest BCUT2D eigenvalue weighted by Gasteiger charge is -2.21. The van der Waals surface area contributed by atoms with E-state index in [-0.39, 0.29) is 30.9 Å². The highest BCUT2D eigenvalue weighted by molar-refractivity contribution is 5.80. The van der Waals surface area contributed by atoms with Crippen molar-refractivity contribution in [3.8, 4) is 11.1 Å². The van der Waals surface area contributed by atoms with E-state index in [1.165, 1.54) is 22.3 Å². The lowest BCUT2D eigenvalue weighted by atomic mass is 9.90. The average Bonchev–Trinajstić information content (AvgIpc) is 3.41. The monoisotopic (exact) mass is 478 g/mol. The maximum atomic E-state index is 12.5. The molecule has 2 aromatic rings. The molecule has 0 aromatic heterocycles. The lowest BCUT2D eigenvalue weighted by Crippen LogP contribution is -2.35. The van der Waals surface area contributed by atoms with Crippen LogP contribution in [-0.2, 0) is 14.3 Å². The summed E-state index contributed by atoms with van der Waals surface area (Å²) in [6, 6.07) is 16.5. The molecule has 1 saturated heterocycles. The standard InChI is InChI=1S/C28H34N2O5/c1-19(11-12-25(31)30-16-14-28(2,18-30)26(32)33)13-15-29-27(34)35-17-24-22-9-5-3-7-20(22)21-8-4-6-10-23(21)24/h3-10,19,24H,11-18H2,1-2H3,(H,29,34)(H,32,33). The van der Waals surface area contributed by atoms with Gasteiger partial charge in [-0.3, -0.25) is 9.59 Å². The number of benzene rings is 2. The highest BCUT2D eigenvalue weighted by Gasteiger charge is 2.41. The molecule has 0 bridgehead atoms. The second-order valence-corrected chi connectivity index (χ2v) is 10.1. The van der Waals surface area contributed by atoms with Crippen molar-refractivity contribution in [2.24, 2.45) is 11.3 Å². The van der Waals surface area contributed by atoms with Gasteiger partial charge in [-0.25, -0.2) is 4.79 Å². The first kappa shape index (κ1) is 24.8. The summed E-state index contributed by atoms with van der Waals surface area (Å²) in [5, 5.41) is 12.2. The molecule has 2 atom stereocenters. The molecule has 0 saturated carbocycles. The second kappa shape index (κ2) is 10.5. The Morgan fingerprint density at radius 1 is 1.09 bits per heavy atom. The van der Waals surface area contributed by atoms with Crippen LogP contribution in [0, 0.1) is 11.3 Å². The van der Waals surface area contributed by atoms with Gasteiger partial charge in [0.2, 0.25) is 5.91 Å². The van der Waals surface area contributed by atoms with E-state index >= 15 is 0 Å². The molecule has 2 amide bonds. The molecule has 4 rings (SSSR count). The number of aliphatic carboxylic acids is 1. The van der Waals surface area contributed by atoms with Crippen LogP contribution in [0.3, 0.4) is 0 Å². The summed E-state index contributed by atoms with van der Waals surface area (Å²) in [5.74, 6) is -0.556. The van der Waals surface area contributed by atoms with Crippen LogP contribution in [-0.4, -0.2) is 54.2 Å². The van der Waals surface area contributed by atoms with E-state index < -0.39 is 17.5 Å². The van der Waals surface area contributed by atoms with Crippen molar-refractivity contribution in [3.63, 3.8) is 0 Å². The summed E-state index contributed by atoms with van der Waals surface area (Å²) in [5.41, 5.74) is 3.92. The maximum absolute atomic E-state index is 12.5. The van der Waals surface area contributed by atoms with Crippen LogP contribution in [0.15, 0.2) is 48.5 Å². The van der Waals surface area contributed by atoms with E-state index in [4.69, 9.17) is 4.74 Å². The molecular weight excluding hydrogens is 444 g/mol. The van der Waals surface area contributed by atoms with E-state index in [1.54, 1.807) is 11.8 Å². The van der Waals surface area contributed by atoms with Crippen molar-refractivity contribution in [2.45, 2.75) is 45.4 Å². The van der Waals surface area contributed by atoms with Gasteiger partial charge in [0.15, 0.2) is 0 Å². The van der Waals surface area contributed by atoms with Gasteiger partial charge in [-0.2, -0.15) is 0 Å². The van der Waals surface area contributed by atoms with Gasteiger partial charge in [0.1, 0.15) is 6.61 Å². The Bertz CT molecular complexity index is 1050. The molecule has 1 fully saturated rings. The third-order valence-electron chi connectivity index (χ3n) is 7.44. The van der Waals surface area contributed by atoms with Crippen molar-refractivity contribution in [1.82, 2.24) is 10.2 Å². The first-order chi connectivity index (χ1) is 16.8. The van der Waals surface area contributed by atoms with Gasteiger partial charge >= 0.3 is 12.1 Å². The van der Waals surface area contributed by atoms with Crippen molar-refractivity contribution in [3.05, 3.63) is 59.7 Å². The first-order valence-electron chi connectivity index (χ1n) is 12.4. The minimum Gasteiger partial charge on any atom is -0.481 e. The quantitative estimate of drug-likeness (QED) is 0.547. The number of carbonyl (C=O) groups is 3. The van der Waals surface area contributed by atoms with Crippen LogP contribution >= 0.6 is 0 Å². The highest BCUT2D eigenvalue weighted by Crippen LogP contribution is 2.44. The number of hydrogen-bond donors (Lipinski definition) is 2. The smallest absolute Gasteiger partial charge is 0.407 e. The number of nitrogens with one attached hydrogen (secondary N) is 1. The number of fused-ring (bicyclic) bond motifs is 3. The van der Waals surface area contributed by atoms with Gasteiger partial charge in [-0.15, -0.1) is 0 Å². The molecule has 35 heavy (non-hydrogen) atoms. The Hall–Kier alpha value is -3.35. The van der Waals surface area contributed by atoms with Crippen LogP contribution in [0.4, 0.5) is 4.79 Å². The molecule has 2 N–H and O–H groups in total. The molecule has 7 heteroatoms. The number of ether oxygens (including phenoxy) is 1. The molecule has 2 aliphatic rings. The second-order valence-electron chi connectivity index (χ2n) is 10.1. The molecule has 1 aliphatic carbocycles. The molecular formula is C28H34N2O5. The molecule has 2 unspecified atom stereocenters. The third-order valence-corrected chi connectivity index (χ3v) is 7.44. The third kappa shape index (κ3) is 5.50.